The molecule has 43 heavy (non-hydrogen) atoms. The highest BCUT2D eigenvalue weighted by Gasteiger charge is 2.64. The molecule has 2 aromatic heterocycles. The Balaban J connectivity index is 1.07. The van der Waals surface area contributed by atoms with Gasteiger partial charge in [0.15, 0.2) is 0 Å². The second kappa shape index (κ2) is 11.2. The Morgan fingerprint density at radius 1 is 0.953 bits per heavy atom. The van der Waals surface area contributed by atoms with Gasteiger partial charge in [-0.3, -0.25) is 9.69 Å². The Hall–Kier alpha value is -2.91. The van der Waals surface area contributed by atoms with Crippen molar-refractivity contribution >= 4 is 50.6 Å². The summed E-state index contributed by atoms with van der Waals surface area (Å²) in [5.41, 5.74) is 2.96. The van der Waals surface area contributed by atoms with E-state index in [-0.39, 0.29) is 17.2 Å². The normalized spacial score (nSPS) is 29.2. The first kappa shape index (κ1) is 28.8. The number of hydrogen-bond acceptors (Lipinski definition) is 8. The molecule has 3 N–H and O–H groups in total. The lowest BCUT2D eigenvalue weighted by molar-refractivity contribution is -0.155. The Bertz CT molecular complexity index is 1460. The van der Waals surface area contributed by atoms with Crippen molar-refractivity contribution in [1.82, 2.24) is 20.2 Å². The van der Waals surface area contributed by atoms with Crippen LogP contribution in [0.4, 0.5) is 23.1 Å². The van der Waals surface area contributed by atoms with E-state index in [0.717, 1.165) is 66.8 Å². The van der Waals surface area contributed by atoms with E-state index in [1.807, 2.05) is 0 Å². The van der Waals surface area contributed by atoms with Gasteiger partial charge in [0.2, 0.25) is 11.9 Å². The van der Waals surface area contributed by atoms with Crippen molar-refractivity contribution in [2.45, 2.75) is 77.3 Å². The number of aromatic nitrogens is 2. The molecule has 5 aliphatic rings. The summed E-state index contributed by atoms with van der Waals surface area (Å²) in [6.07, 6.45) is 9.02. The van der Waals surface area contributed by atoms with Crippen molar-refractivity contribution in [2.75, 3.05) is 48.8 Å². The second-order valence-corrected chi connectivity index (χ2v) is 15.1. The monoisotopic (exact) mass is 601 g/mol. The first-order valence-electron chi connectivity index (χ1n) is 16.4. The molecule has 8 rings (SSSR count). The molecule has 1 aromatic carbocycles. The van der Waals surface area contributed by atoms with E-state index < -0.39 is 5.54 Å². The number of piperazine rings is 1. The Labute approximate surface area is 260 Å². The minimum atomic E-state index is -0.399. The summed E-state index contributed by atoms with van der Waals surface area (Å²) in [6.45, 7) is 11.5. The molecule has 1 saturated heterocycles. The average molecular weight is 602 g/mol. The summed E-state index contributed by atoms with van der Waals surface area (Å²) < 4.78 is 1.03. The molecule has 5 fully saturated rings. The molecular formula is C34H47N7OS. The Morgan fingerprint density at radius 3 is 2.40 bits per heavy atom. The van der Waals surface area contributed by atoms with Gasteiger partial charge in [-0.15, -0.1) is 11.3 Å². The van der Waals surface area contributed by atoms with Gasteiger partial charge >= 0.3 is 0 Å². The first-order valence-corrected chi connectivity index (χ1v) is 17.3. The molecule has 4 aliphatic carbocycles. The fourth-order valence-electron chi connectivity index (χ4n) is 8.87. The van der Waals surface area contributed by atoms with Crippen LogP contribution in [0.15, 0.2) is 35.7 Å². The summed E-state index contributed by atoms with van der Waals surface area (Å²) in [6, 6.07) is 11.6. The van der Waals surface area contributed by atoms with Crippen molar-refractivity contribution in [2.24, 2.45) is 23.2 Å². The maximum Gasteiger partial charge on any atom is 0.229 e. The van der Waals surface area contributed by atoms with Gasteiger partial charge in [-0.1, -0.05) is 33.1 Å². The van der Waals surface area contributed by atoms with Gasteiger partial charge in [0, 0.05) is 50.6 Å². The number of benzene rings is 1. The number of amides is 1. The number of nitrogens with zero attached hydrogens (tertiary/aromatic N) is 4. The van der Waals surface area contributed by atoms with Gasteiger partial charge in [0.1, 0.15) is 5.82 Å². The zero-order chi connectivity index (χ0) is 29.8. The Morgan fingerprint density at radius 2 is 1.70 bits per heavy atom. The van der Waals surface area contributed by atoms with Crippen LogP contribution in [0.25, 0.3) is 10.2 Å². The van der Waals surface area contributed by atoms with Crippen LogP contribution in [0, 0.1) is 23.2 Å². The maximum absolute atomic E-state index is 13.1. The molecule has 0 spiro atoms. The van der Waals surface area contributed by atoms with Crippen molar-refractivity contribution in [3.63, 3.8) is 0 Å². The summed E-state index contributed by atoms with van der Waals surface area (Å²) >= 11 is 1.65. The molecule has 4 atom stereocenters. The minimum Gasteiger partial charge on any atom is -0.369 e. The van der Waals surface area contributed by atoms with Crippen molar-refractivity contribution in [1.29, 1.82) is 0 Å². The molecule has 4 saturated carbocycles. The van der Waals surface area contributed by atoms with Crippen LogP contribution in [-0.2, 0) is 4.79 Å². The third-order valence-electron chi connectivity index (χ3n) is 11.6. The number of thiophene rings is 1. The zero-order valence-corrected chi connectivity index (χ0v) is 27.0. The quantitative estimate of drug-likeness (QED) is 0.286. The highest BCUT2D eigenvalue weighted by Crippen LogP contribution is 2.65. The molecule has 3 heterocycles. The van der Waals surface area contributed by atoms with E-state index in [0.29, 0.717) is 17.8 Å². The number of carbonyl (C=O) groups is 1. The smallest absolute Gasteiger partial charge is 0.229 e. The number of carbonyl (C=O) groups excluding carboxylic acids is 1. The van der Waals surface area contributed by atoms with Crippen molar-refractivity contribution < 1.29 is 4.79 Å². The first-order chi connectivity index (χ1) is 20.8. The number of nitrogens with one attached hydrogen (secondary N) is 3. The van der Waals surface area contributed by atoms with Gasteiger partial charge in [-0.05, 0) is 85.6 Å². The zero-order valence-electron chi connectivity index (χ0n) is 26.2. The van der Waals surface area contributed by atoms with Gasteiger partial charge in [0.25, 0.3) is 0 Å². The third-order valence-corrected chi connectivity index (χ3v) is 12.5. The fraction of sp³-hybridized carbons (Fsp3) is 0.618. The van der Waals surface area contributed by atoms with Crippen LogP contribution in [0.2, 0.25) is 0 Å². The second-order valence-electron chi connectivity index (χ2n) is 14.1. The summed E-state index contributed by atoms with van der Waals surface area (Å²) in [4.78, 5) is 28.2. The lowest BCUT2D eigenvalue weighted by Gasteiger charge is -2.66. The van der Waals surface area contributed by atoms with Crippen LogP contribution in [-0.4, -0.2) is 65.6 Å². The van der Waals surface area contributed by atoms with Gasteiger partial charge in [-0.2, -0.15) is 4.98 Å². The number of fused-ring (bicyclic) bond motifs is 3. The lowest BCUT2D eigenvalue weighted by Crippen LogP contribution is -2.69. The minimum absolute atomic E-state index is 0.104. The van der Waals surface area contributed by atoms with Crippen molar-refractivity contribution in [3.05, 3.63) is 35.7 Å². The molecule has 0 radical (unpaired) electrons. The molecular weight excluding hydrogens is 554 g/mol. The van der Waals surface area contributed by atoms with Crippen LogP contribution < -0.4 is 20.9 Å². The predicted molar refractivity (Wildman–Crippen MR) is 177 cm³/mol. The highest BCUT2D eigenvalue weighted by molar-refractivity contribution is 7.17. The molecule has 8 nitrogen and oxygen atoms in total. The average Bonchev–Trinajstić information content (AvgIpc) is 3.50. The van der Waals surface area contributed by atoms with E-state index in [1.165, 1.54) is 37.8 Å². The van der Waals surface area contributed by atoms with Gasteiger partial charge in [0.05, 0.1) is 21.7 Å². The molecule has 9 heteroatoms. The summed E-state index contributed by atoms with van der Waals surface area (Å²) in [7, 11) is 1.75. The SMILES string of the molecule is CNC(=O)[C@H]1C[C@@H]2C[C@@H](C2(C)C)[C@@]1(C)Nc1nc(Nc2ccc(N3CCN(C4CCCCC4)CC3)cc2)nc2ccsc12. The lowest BCUT2D eigenvalue weighted by atomic mass is 9.40. The largest absolute Gasteiger partial charge is 0.369 e. The van der Waals surface area contributed by atoms with E-state index in [2.05, 4.69) is 82.2 Å². The summed E-state index contributed by atoms with van der Waals surface area (Å²) in [5.74, 6) is 2.37. The van der Waals surface area contributed by atoms with E-state index in [9.17, 15) is 4.79 Å². The van der Waals surface area contributed by atoms with Gasteiger partial charge < -0.3 is 20.9 Å². The number of rotatable bonds is 7. The van der Waals surface area contributed by atoms with E-state index >= 15 is 0 Å². The summed E-state index contributed by atoms with van der Waals surface area (Å²) in [5, 5.41) is 12.3. The molecule has 3 aromatic rings. The fourth-order valence-corrected chi connectivity index (χ4v) is 9.64. The maximum atomic E-state index is 13.1. The van der Waals surface area contributed by atoms with Crippen LogP contribution in [0.5, 0.6) is 0 Å². The third kappa shape index (κ3) is 5.16. The molecule has 1 aliphatic heterocycles. The van der Waals surface area contributed by atoms with Crippen LogP contribution in [0.1, 0.15) is 65.7 Å². The van der Waals surface area contributed by atoms with E-state index in [1.54, 1.807) is 18.4 Å². The van der Waals surface area contributed by atoms with Crippen LogP contribution in [0.3, 0.4) is 0 Å². The highest BCUT2D eigenvalue weighted by atomic mass is 32.1. The molecule has 230 valence electrons. The van der Waals surface area contributed by atoms with Crippen LogP contribution >= 0.6 is 11.3 Å². The molecule has 0 unspecified atom stereocenters. The molecule has 2 bridgehead atoms. The molecule has 1 amide bonds. The van der Waals surface area contributed by atoms with Gasteiger partial charge in [-0.25, -0.2) is 4.98 Å². The number of hydrogen-bond donors (Lipinski definition) is 3. The van der Waals surface area contributed by atoms with Crippen molar-refractivity contribution in [3.8, 4) is 0 Å². The predicted octanol–water partition coefficient (Wildman–Crippen LogP) is 6.49. The Kier molecular flexibility index (Phi) is 7.53. The van der Waals surface area contributed by atoms with E-state index in [4.69, 9.17) is 9.97 Å². The number of anilines is 4. The standard InChI is InChI=1S/C34H47N7OS/c1-33(2)22-20-26(31(42)35-4)34(3,28(33)21-22)39-30-29-27(14-19-43-29)37-32(38-30)36-23-10-12-25(13-11-23)41-17-15-40(16-18-41)24-8-6-5-7-9-24/h10-14,19,22,24,26,28H,5-9,15-18,20-21H2,1-4H3,(H,35,42)(H2,36,37,38,39)/t22-,26-,28+,34+/m1/s1. The topological polar surface area (TPSA) is 85.4 Å².